The number of amides is 1. The van der Waals surface area contributed by atoms with E-state index in [1.165, 1.54) is 0 Å². The van der Waals surface area contributed by atoms with Crippen molar-refractivity contribution in [3.8, 4) is 0 Å². The molecule has 0 bridgehead atoms. The first-order valence-corrected chi connectivity index (χ1v) is 10.4. The number of rotatable bonds is 5. The molecular formula is C19H23ClN2O3S. The lowest BCUT2D eigenvalue weighted by Gasteiger charge is -2.28. The van der Waals surface area contributed by atoms with Crippen LogP contribution in [0, 0.1) is 20.8 Å². The number of sulfonamides is 1. The van der Waals surface area contributed by atoms with Gasteiger partial charge in [0.25, 0.3) is 0 Å². The van der Waals surface area contributed by atoms with Gasteiger partial charge in [0.15, 0.2) is 0 Å². The van der Waals surface area contributed by atoms with Gasteiger partial charge in [-0.3, -0.25) is 9.10 Å². The summed E-state index contributed by atoms with van der Waals surface area (Å²) in [6.45, 7) is 7.19. The molecule has 0 fully saturated rings. The Bertz CT molecular complexity index is 922. The highest BCUT2D eigenvalue weighted by atomic mass is 35.5. The molecular weight excluding hydrogens is 372 g/mol. The van der Waals surface area contributed by atoms with Gasteiger partial charge >= 0.3 is 0 Å². The van der Waals surface area contributed by atoms with Gasteiger partial charge in [-0.25, -0.2) is 8.42 Å². The standard InChI is InChI=1S/C19H23ClN2O3S/c1-12-8-13(2)10-17(9-12)22(26(5,24)25)15(4)19(23)21-16-7-6-14(3)18(20)11-16/h6-11,15H,1-5H3,(H,21,23)/t15-/m1/s1. The summed E-state index contributed by atoms with van der Waals surface area (Å²) in [7, 11) is -3.66. The van der Waals surface area contributed by atoms with E-state index in [0.717, 1.165) is 27.3 Å². The second-order valence-corrected chi connectivity index (χ2v) is 8.80. The van der Waals surface area contributed by atoms with Crippen molar-refractivity contribution in [2.45, 2.75) is 33.7 Å². The average molecular weight is 395 g/mol. The van der Waals surface area contributed by atoms with Crippen LogP contribution in [0.3, 0.4) is 0 Å². The Morgan fingerprint density at radius 3 is 2.15 bits per heavy atom. The topological polar surface area (TPSA) is 66.5 Å². The fourth-order valence-electron chi connectivity index (χ4n) is 2.80. The Hall–Kier alpha value is -2.05. The van der Waals surface area contributed by atoms with Crippen molar-refractivity contribution in [3.63, 3.8) is 0 Å². The van der Waals surface area contributed by atoms with E-state index in [1.54, 1.807) is 37.3 Å². The van der Waals surface area contributed by atoms with Gasteiger partial charge in [0, 0.05) is 10.7 Å². The molecule has 1 amide bonds. The molecule has 0 radical (unpaired) electrons. The zero-order valence-electron chi connectivity index (χ0n) is 15.5. The van der Waals surface area contributed by atoms with E-state index in [9.17, 15) is 13.2 Å². The minimum atomic E-state index is -3.66. The van der Waals surface area contributed by atoms with Crippen LogP contribution in [0.5, 0.6) is 0 Å². The average Bonchev–Trinajstić information content (AvgIpc) is 2.48. The molecule has 0 aliphatic rings. The van der Waals surface area contributed by atoms with Crippen LogP contribution >= 0.6 is 11.6 Å². The van der Waals surface area contributed by atoms with E-state index in [4.69, 9.17) is 11.6 Å². The molecule has 0 saturated heterocycles. The first-order chi connectivity index (χ1) is 12.0. The molecule has 1 N–H and O–H groups in total. The molecule has 0 aromatic heterocycles. The summed E-state index contributed by atoms with van der Waals surface area (Å²) in [5.74, 6) is -0.436. The molecule has 140 valence electrons. The number of nitrogens with one attached hydrogen (secondary N) is 1. The van der Waals surface area contributed by atoms with Crippen LogP contribution in [0.4, 0.5) is 11.4 Å². The van der Waals surface area contributed by atoms with Gasteiger partial charge in [0.1, 0.15) is 6.04 Å². The van der Waals surface area contributed by atoms with Gasteiger partial charge in [-0.15, -0.1) is 0 Å². The van der Waals surface area contributed by atoms with E-state index in [2.05, 4.69) is 5.32 Å². The van der Waals surface area contributed by atoms with Crippen LogP contribution in [0.15, 0.2) is 36.4 Å². The van der Waals surface area contributed by atoms with Gasteiger partial charge in [-0.05, 0) is 68.7 Å². The zero-order chi connectivity index (χ0) is 19.6. The van der Waals surface area contributed by atoms with Crippen molar-refractivity contribution in [2.75, 3.05) is 15.9 Å². The lowest BCUT2D eigenvalue weighted by molar-refractivity contribution is -0.116. The Kier molecular flexibility index (Phi) is 5.98. The number of carbonyl (C=O) groups is 1. The first kappa shape index (κ1) is 20.3. The monoisotopic (exact) mass is 394 g/mol. The van der Waals surface area contributed by atoms with E-state index in [-0.39, 0.29) is 0 Å². The van der Waals surface area contributed by atoms with Crippen molar-refractivity contribution in [1.82, 2.24) is 0 Å². The highest BCUT2D eigenvalue weighted by Gasteiger charge is 2.29. The summed E-state index contributed by atoms with van der Waals surface area (Å²) in [6, 6.07) is 9.69. The maximum Gasteiger partial charge on any atom is 0.247 e. The molecule has 0 saturated carbocycles. The van der Waals surface area contributed by atoms with E-state index in [0.29, 0.717) is 16.4 Å². The van der Waals surface area contributed by atoms with Gasteiger partial charge in [0.05, 0.1) is 11.9 Å². The van der Waals surface area contributed by atoms with E-state index < -0.39 is 22.0 Å². The number of hydrogen-bond donors (Lipinski definition) is 1. The second kappa shape index (κ2) is 7.68. The Morgan fingerprint density at radius 2 is 1.65 bits per heavy atom. The molecule has 0 aliphatic carbocycles. The molecule has 7 heteroatoms. The highest BCUT2D eigenvalue weighted by Crippen LogP contribution is 2.25. The van der Waals surface area contributed by atoms with Gasteiger partial charge in [-0.2, -0.15) is 0 Å². The predicted molar refractivity (Wildman–Crippen MR) is 108 cm³/mol. The Labute approximate surface area is 160 Å². The smallest absolute Gasteiger partial charge is 0.247 e. The van der Waals surface area contributed by atoms with Crippen molar-refractivity contribution in [2.24, 2.45) is 0 Å². The lowest BCUT2D eigenvalue weighted by Crippen LogP contribution is -2.45. The highest BCUT2D eigenvalue weighted by molar-refractivity contribution is 7.92. The Morgan fingerprint density at radius 1 is 1.08 bits per heavy atom. The molecule has 0 heterocycles. The van der Waals surface area contributed by atoms with E-state index >= 15 is 0 Å². The molecule has 0 aliphatic heterocycles. The molecule has 2 aromatic rings. The van der Waals surface area contributed by atoms with Crippen molar-refractivity contribution < 1.29 is 13.2 Å². The van der Waals surface area contributed by atoms with Crippen LogP contribution < -0.4 is 9.62 Å². The lowest BCUT2D eigenvalue weighted by atomic mass is 10.1. The summed E-state index contributed by atoms with van der Waals surface area (Å²) >= 11 is 6.09. The molecule has 26 heavy (non-hydrogen) atoms. The fraction of sp³-hybridized carbons (Fsp3) is 0.316. The predicted octanol–water partition coefficient (Wildman–Crippen LogP) is 4.06. The van der Waals surface area contributed by atoms with Crippen molar-refractivity contribution >= 4 is 38.9 Å². The summed E-state index contributed by atoms with van der Waals surface area (Å²) in [5.41, 5.74) is 3.73. The summed E-state index contributed by atoms with van der Waals surface area (Å²) < 4.78 is 25.9. The SMILES string of the molecule is Cc1cc(C)cc(N([C@H](C)C(=O)Nc2ccc(C)c(Cl)c2)S(C)(=O)=O)c1. The molecule has 2 aromatic carbocycles. The number of benzene rings is 2. The largest absolute Gasteiger partial charge is 0.324 e. The third-order valence-corrected chi connectivity index (χ3v) is 5.64. The van der Waals surface area contributed by atoms with Crippen LogP contribution in [0.25, 0.3) is 0 Å². The van der Waals surface area contributed by atoms with Gasteiger partial charge in [0.2, 0.25) is 15.9 Å². The molecule has 1 atom stereocenters. The molecule has 0 unspecified atom stereocenters. The third kappa shape index (κ3) is 4.77. The minimum Gasteiger partial charge on any atom is -0.324 e. The first-order valence-electron chi connectivity index (χ1n) is 8.14. The third-order valence-electron chi connectivity index (χ3n) is 3.99. The number of nitrogens with zero attached hydrogens (tertiary/aromatic N) is 1. The normalized spacial score (nSPS) is 12.5. The maximum atomic E-state index is 12.7. The second-order valence-electron chi connectivity index (χ2n) is 6.53. The Balaban J connectivity index is 2.35. The summed E-state index contributed by atoms with van der Waals surface area (Å²) in [6.07, 6.45) is 1.09. The number of anilines is 2. The quantitative estimate of drug-likeness (QED) is 0.831. The van der Waals surface area contributed by atoms with Crippen LogP contribution in [0.2, 0.25) is 5.02 Å². The number of halogens is 1. The maximum absolute atomic E-state index is 12.7. The number of carbonyl (C=O) groups excluding carboxylic acids is 1. The van der Waals surface area contributed by atoms with Gasteiger partial charge < -0.3 is 5.32 Å². The summed E-state index contributed by atoms with van der Waals surface area (Å²) in [5, 5.41) is 3.26. The number of hydrogen-bond acceptors (Lipinski definition) is 3. The van der Waals surface area contributed by atoms with Crippen LogP contribution in [-0.4, -0.2) is 26.6 Å². The zero-order valence-corrected chi connectivity index (χ0v) is 17.1. The molecule has 2 rings (SSSR count). The van der Waals surface area contributed by atoms with Crippen molar-refractivity contribution in [1.29, 1.82) is 0 Å². The number of aryl methyl sites for hydroxylation is 3. The molecule has 5 nitrogen and oxygen atoms in total. The fourth-order valence-corrected chi connectivity index (χ4v) is 4.14. The van der Waals surface area contributed by atoms with Crippen molar-refractivity contribution in [3.05, 3.63) is 58.1 Å². The van der Waals surface area contributed by atoms with Crippen LogP contribution in [0.1, 0.15) is 23.6 Å². The molecule has 0 spiro atoms. The van der Waals surface area contributed by atoms with Gasteiger partial charge in [-0.1, -0.05) is 23.7 Å². The van der Waals surface area contributed by atoms with Crippen LogP contribution in [-0.2, 0) is 14.8 Å². The minimum absolute atomic E-state index is 0.436. The van der Waals surface area contributed by atoms with E-state index in [1.807, 2.05) is 26.8 Å². The summed E-state index contributed by atoms with van der Waals surface area (Å²) in [4.78, 5) is 12.7.